The largest absolute Gasteiger partial charge is 0.306 e. The number of benzene rings is 1. The molecule has 0 radical (unpaired) electrons. The van der Waals surface area contributed by atoms with Gasteiger partial charge in [-0.3, -0.25) is 0 Å². The second-order valence-corrected chi connectivity index (χ2v) is 8.38. The maximum atomic E-state index is 11.7. The van der Waals surface area contributed by atoms with E-state index in [2.05, 4.69) is 45.1 Å². The van der Waals surface area contributed by atoms with Crippen LogP contribution in [-0.2, 0) is 9.84 Å². The van der Waals surface area contributed by atoms with Crippen molar-refractivity contribution in [1.29, 1.82) is 0 Å². The predicted molar refractivity (Wildman–Crippen MR) is 83.9 cm³/mol. The number of aryl methyl sites for hydroxylation is 3. The summed E-state index contributed by atoms with van der Waals surface area (Å²) < 4.78 is 23.4. The van der Waals surface area contributed by atoms with E-state index in [1.54, 1.807) is 0 Å². The predicted octanol–water partition coefficient (Wildman–Crippen LogP) is 2.84. The highest BCUT2D eigenvalue weighted by Gasteiger charge is 2.26. The van der Waals surface area contributed by atoms with Gasteiger partial charge in [0, 0.05) is 12.1 Å². The van der Waals surface area contributed by atoms with E-state index in [0.717, 1.165) is 12.8 Å². The number of sulfone groups is 1. The third kappa shape index (κ3) is 3.61. The lowest BCUT2D eigenvalue weighted by Gasteiger charge is -2.28. The monoisotopic (exact) mass is 295 g/mol. The Hall–Kier alpha value is -0.870. The van der Waals surface area contributed by atoms with Gasteiger partial charge in [-0.05, 0) is 57.2 Å². The lowest BCUT2D eigenvalue weighted by Crippen LogP contribution is -2.41. The zero-order valence-corrected chi connectivity index (χ0v) is 13.7. The van der Waals surface area contributed by atoms with Gasteiger partial charge in [0.25, 0.3) is 0 Å². The molecule has 2 unspecified atom stereocenters. The molecule has 0 spiro atoms. The summed E-state index contributed by atoms with van der Waals surface area (Å²) in [6.45, 7) is 8.50. The van der Waals surface area contributed by atoms with Crippen LogP contribution in [0.15, 0.2) is 12.1 Å². The first-order valence-electron chi connectivity index (χ1n) is 7.33. The van der Waals surface area contributed by atoms with Crippen LogP contribution in [0.2, 0.25) is 0 Å². The van der Waals surface area contributed by atoms with E-state index in [4.69, 9.17) is 0 Å². The lowest BCUT2D eigenvalue weighted by atomic mass is 9.94. The van der Waals surface area contributed by atoms with E-state index >= 15 is 0 Å². The SMILES string of the molecule is Cc1cc(C)c(C(C)NC2CCCS(=O)(=O)C2)c(C)c1. The average molecular weight is 295 g/mol. The molecule has 1 N–H and O–H groups in total. The fourth-order valence-corrected chi connectivity index (χ4v) is 5.11. The van der Waals surface area contributed by atoms with Crippen LogP contribution >= 0.6 is 0 Å². The molecule has 1 aliphatic rings. The highest BCUT2D eigenvalue weighted by molar-refractivity contribution is 7.91. The standard InChI is InChI=1S/C16H25NO2S/c1-11-8-12(2)16(13(3)9-11)14(4)17-15-6-5-7-20(18,19)10-15/h8-9,14-15,17H,5-7,10H2,1-4H3. The Morgan fingerprint density at radius 1 is 1.20 bits per heavy atom. The van der Waals surface area contributed by atoms with Gasteiger partial charge in [-0.1, -0.05) is 17.7 Å². The van der Waals surface area contributed by atoms with Crippen molar-refractivity contribution in [3.05, 3.63) is 34.4 Å². The van der Waals surface area contributed by atoms with Crippen molar-refractivity contribution in [3.8, 4) is 0 Å². The Morgan fingerprint density at radius 3 is 2.35 bits per heavy atom. The summed E-state index contributed by atoms with van der Waals surface area (Å²) in [5, 5.41) is 3.51. The van der Waals surface area contributed by atoms with Gasteiger partial charge in [-0.2, -0.15) is 0 Å². The van der Waals surface area contributed by atoms with Crippen molar-refractivity contribution in [2.24, 2.45) is 0 Å². The molecular formula is C16H25NO2S. The van der Waals surface area contributed by atoms with E-state index in [1.165, 1.54) is 22.3 Å². The molecule has 2 atom stereocenters. The molecule has 1 saturated heterocycles. The number of rotatable bonds is 3. The molecule has 112 valence electrons. The fraction of sp³-hybridized carbons (Fsp3) is 0.625. The quantitative estimate of drug-likeness (QED) is 0.932. The molecule has 1 fully saturated rings. The van der Waals surface area contributed by atoms with E-state index in [1.807, 2.05) is 0 Å². The van der Waals surface area contributed by atoms with Gasteiger partial charge >= 0.3 is 0 Å². The molecule has 4 heteroatoms. The Labute approximate surface area is 122 Å². The molecule has 3 nitrogen and oxygen atoms in total. The first kappa shape index (κ1) is 15.5. The van der Waals surface area contributed by atoms with Gasteiger partial charge in [0.2, 0.25) is 0 Å². The van der Waals surface area contributed by atoms with Crippen molar-refractivity contribution in [1.82, 2.24) is 5.32 Å². The summed E-state index contributed by atoms with van der Waals surface area (Å²) >= 11 is 0. The maximum absolute atomic E-state index is 11.7. The van der Waals surface area contributed by atoms with Crippen molar-refractivity contribution >= 4 is 9.84 Å². The smallest absolute Gasteiger partial charge is 0.151 e. The number of hydrogen-bond acceptors (Lipinski definition) is 3. The van der Waals surface area contributed by atoms with Crippen LogP contribution < -0.4 is 5.32 Å². The van der Waals surface area contributed by atoms with Crippen molar-refractivity contribution in [2.75, 3.05) is 11.5 Å². The van der Waals surface area contributed by atoms with Gasteiger partial charge in [-0.15, -0.1) is 0 Å². The minimum atomic E-state index is -2.85. The van der Waals surface area contributed by atoms with Crippen LogP contribution in [0, 0.1) is 20.8 Å². The lowest BCUT2D eigenvalue weighted by molar-refractivity contribution is 0.436. The maximum Gasteiger partial charge on any atom is 0.151 e. The third-order valence-electron chi connectivity index (χ3n) is 4.12. The zero-order valence-electron chi connectivity index (χ0n) is 12.9. The number of nitrogens with one attached hydrogen (secondary N) is 1. The first-order valence-corrected chi connectivity index (χ1v) is 9.15. The summed E-state index contributed by atoms with van der Waals surface area (Å²) in [5.74, 6) is 0.628. The van der Waals surface area contributed by atoms with Crippen molar-refractivity contribution in [3.63, 3.8) is 0 Å². The molecule has 0 aromatic heterocycles. The summed E-state index contributed by atoms with van der Waals surface area (Å²) in [7, 11) is -2.85. The molecule has 20 heavy (non-hydrogen) atoms. The molecule has 1 heterocycles. The van der Waals surface area contributed by atoms with Crippen LogP contribution in [-0.4, -0.2) is 26.0 Å². The Kier molecular flexibility index (Phi) is 4.55. The summed E-state index contributed by atoms with van der Waals surface area (Å²) in [6, 6.07) is 4.66. The van der Waals surface area contributed by atoms with Crippen molar-refractivity contribution < 1.29 is 8.42 Å². The van der Waals surface area contributed by atoms with E-state index in [-0.39, 0.29) is 17.8 Å². The highest BCUT2D eigenvalue weighted by Crippen LogP contribution is 2.25. The van der Waals surface area contributed by atoms with Crippen LogP contribution in [0.25, 0.3) is 0 Å². The molecule has 0 saturated carbocycles. The van der Waals surface area contributed by atoms with Gasteiger partial charge in [0.1, 0.15) is 0 Å². The molecular weight excluding hydrogens is 270 g/mol. The summed E-state index contributed by atoms with van der Waals surface area (Å²) in [4.78, 5) is 0. The molecule has 1 aromatic carbocycles. The van der Waals surface area contributed by atoms with Crippen LogP contribution in [0.1, 0.15) is 48.1 Å². The minimum absolute atomic E-state index is 0.0869. The second-order valence-electron chi connectivity index (χ2n) is 6.15. The van der Waals surface area contributed by atoms with Gasteiger partial charge in [0.05, 0.1) is 11.5 Å². The van der Waals surface area contributed by atoms with Crippen LogP contribution in [0.4, 0.5) is 0 Å². The molecule has 0 bridgehead atoms. The number of hydrogen-bond donors (Lipinski definition) is 1. The van der Waals surface area contributed by atoms with E-state index in [9.17, 15) is 8.42 Å². The third-order valence-corrected chi connectivity index (χ3v) is 5.94. The Bertz CT molecular complexity index is 569. The van der Waals surface area contributed by atoms with Crippen molar-refractivity contribution in [2.45, 2.75) is 52.6 Å². The van der Waals surface area contributed by atoms with Gasteiger partial charge in [0.15, 0.2) is 9.84 Å². The highest BCUT2D eigenvalue weighted by atomic mass is 32.2. The molecule has 0 aliphatic carbocycles. The second kappa shape index (κ2) is 5.86. The van der Waals surface area contributed by atoms with Crippen LogP contribution in [0.3, 0.4) is 0 Å². The fourth-order valence-electron chi connectivity index (χ4n) is 3.47. The van der Waals surface area contributed by atoms with E-state index < -0.39 is 9.84 Å². The molecule has 0 amide bonds. The molecule has 1 aliphatic heterocycles. The Morgan fingerprint density at radius 2 is 1.80 bits per heavy atom. The van der Waals surface area contributed by atoms with E-state index in [0.29, 0.717) is 5.75 Å². The molecule has 2 rings (SSSR count). The zero-order chi connectivity index (χ0) is 14.9. The average Bonchev–Trinajstić information content (AvgIpc) is 2.25. The topological polar surface area (TPSA) is 46.2 Å². The normalized spacial score (nSPS) is 23.5. The summed E-state index contributed by atoms with van der Waals surface area (Å²) in [6.07, 6.45) is 1.73. The van der Waals surface area contributed by atoms with Gasteiger partial charge in [-0.25, -0.2) is 8.42 Å². The van der Waals surface area contributed by atoms with Gasteiger partial charge < -0.3 is 5.32 Å². The first-order chi connectivity index (χ1) is 9.28. The Balaban J connectivity index is 2.14. The minimum Gasteiger partial charge on any atom is -0.306 e. The molecule has 1 aromatic rings. The summed E-state index contributed by atoms with van der Waals surface area (Å²) in [5.41, 5.74) is 5.14. The van der Waals surface area contributed by atoms with Crippen LogP contribution in [0.5, 0.6) is 0 Å².